The Morgan fingerprint density at radius 1 is 1.03 bits per heavy atom. The average molecular weight is 422 g/mol. The number of carbonyl (C=O) groups excluding carboxylic acids is 2. The van der Waals surface area contributed by atoms with Crippen LogP contribution in [0.4, 0.5) is 39.5 Å². The molecule has 0 aliphatic heterocycles. The molecule has 7 N–H and O–H groups in total. The molecule has 3 aromatic rings. The van der Waals surface area contributed by atoms with E-state index < -0.39 is 35.2 Å². The quantitative estimate of drug-likeness (QED) is 0.410. The van der Waals surface area contributed by atoms with Crippen LogP contribution in [0.1, 0.15) is 15.9 Å². The van der Waals surface area contributed by atoms with Crippen LogP contribution in [-0.2, 0) is 6.18 Å². The summed E-state index contributed by atoms with van der Waals surface area (Å²) in [6, 6.07) is 6.63. The van der Waals surface area contributed by atoms with Gasteiger partial charge in [-0.2, -0.15) is 18.3 Å². The van der Waals surface area contributed by atoms with Gasteiger partial charge >= 0.3 is 12.2 Å². The van der Waals surface area contributed by atoms with Gasteiger partial charge in [0.1, 0.15) is 11.4 Å². The van der Waals surface area contributed by atoms with Crippen LogP contribution in [0.5, 0.6) is 0 Å². The molecule has 0 atom stereocenters. The number of urea groups is 1. The predicted molar refractivity (Wildman–Crippen MR) is 101 cm³/mol. The number of nitrogens with one attached hydrogen (secondary N) is 3. The zero-order valence-corrected chi connectivity index (χ0v) is 15.0. The third-order valence-electron chi connectivity index (χ3n) is 4.01. The van der Waals surface area contributed by atoms with Gasteiger partial charge in [0.25, 0.3) is 5.91 Å². The number of nitrogen functional groups attached to an aromatic ring is 1. The Labute approximate surface area is 166 Å². The van der Waals surface area contributed by atoms with E-state index in [1.54, 1.807) is 0 Å². The second kappa shape index (κ2) is 7.73. The summed E-state index contributed by atoms with van der Waals surface area (Å²) in [5.41, 5.74) is 10.2. The molecule has 156 valence electrons. The SMILES string of the molecule is NC(=O)c1c(N)n[nH]c1-c1ccc(NC(=O)Nc2cc(C(F)(F)F)ccc2F)cc1. The van der Waals surface area contributed by atoms with Gasteiger partial charge in [-0.3, -0.25) is 9.89 Å². The highest BCUT2D eigenvalue weighted by atomic mass is 19.4. The first kappa shape index (κ1) is 20.6. The summed E-state index contributed by atoms with van der Waals surface area (Å²) in [5, 5.41) is 10.7. The molecule has 0 spiro atoms. The van der Waals surface area contributed by atoms with Crippen molar-refractivity contribution in [1.82, 2.24) is 10.2 Å². The van der Waals surface area contributed by atoms with E-state index in [4.69, 9.17) is 11.5 Å². The zero-order valence-electron chi connectivity index (χ0n) is 15.0. The maximum atomic E-state index is 13.7. The van der Waals surface area contributed by atoms with Gasteiger partial charge in [-0.15, -0.1) is 0 Å². The van der Waals surface area contributed by atoms with Crippen LogP contribution >= 0.6 is 0 Å². The van der Waals surface area contributed by atoms with Gasteiger partial charge in [0.05, 0.1) is 16.9 Å². The van der Waals surface area contributed by atoms with Crippen molar-refractivity contribution in [3.8, 4) is 11.3 Å². The Morgan fingerprint density at radius 2 is 1.70 bits per heavy atom. The van der Waals surface area contributed by atoms with Crippen LogP contribution in [0.15, 0.2) is 42.5 Å². The summed E-state index contributed by atoms with van der Waals surface area (Å²) in [6.07, 6.45) is -4.68. The Bertz CT molecular complexity index is 1110. The zero-order chi connectivity index (χ0) is 22.1. The fourth-order valence-corrected chi connectivity index (χ4v) is 2.62. The molecule has 0 unspecified atom stereocenters. The number of nitrogens with two attached hydrogens (primary N) is 2. The molecule has 8 nitrogen and oxygen atoms in total. The number of aromatic amines is 1. The van der Waals surface area contributed by atoms with Crippen molar-refractivity contribution >= 4 is 29.1 Å². The summed E-state index contributed by atoms with van der Waals surface area (Å²) in [6.45, 7) is 0. The molecule has 1 heterocycles. The first-order chi connectivity index (χ1) is 14.1. The largest absolute Gasteiger partial charge is 0.416 e. The Hall–Kier alpha value is -4.09. The third kappa shape index (κ3) is 4.32. The van der Waals surface area contributed by atoms with Gasteiger partial charge in [0.15, 0.2) is 5.82 Å². The fraction of sp³-hybridized carbons (Fsp3) is 0.0556. The lowest BCUT2D eigenvalue weighted by Gasteiger charge is -2.12. The molecule has 30 heavy (non-hydrogen) atoms. The minimum atomic E-state index is -4.68. The molecule has 0 aliphatic carbocycles. The molecular formula is C18H14F4N6O2. The van der Waals surface area contributed by atoms with E-state index in [2.05, 4.69) is 15.5 Å². The smallest absolute Gasteiger partial charge is 0.382 e. The number of halogens is 4. The third-order valence-corrected chi connectivity index (χ3v) is 4.01. The van der Waals surface area contributed by atoms with Crippen LogP contribution in [0, 0.1) is 5.82 Å². The van der Waals surface area contributed by atoms with Gasteiger partial charge in [0, 0.05) is 11.3 Å². The maximum absolute atomic E-state index is 13.7. The van der Waals surface area contributed by atoms with Crippen LogP contribution in [0.3, 0.4) is 0 Å². The van der Waals surface area contributed by atoms with Crippen LogP contribution in [0.2, 0.25) is 0 Å². The van der Waals surface area contributed by atoms with Crippen molar-refractivity contribution in [2.24, 2.45) is 5.73 Å². The van der Waals surface area contributed by atoms with E-state index in [9.17, 15) is 27.2 Å². The molecule has 1 aromatic heterocycles. The van der Waals surface area contributed by atoms with E-state index in [1.165, 1.54) is 24.3 Å². The minimum Gasteiger partial charge on any atom is -0.382 e. The number of rotatable bonds is 4. The number of nitrogens with zero attached hydrogens (tertiary/aromatic N) is 1. The predicted octanol–water partition coefficient (Wildman–Crippen LogP) is 3.56. The van der Waals surface area contributed by atoms with Crippen molar-refractivity contribution in [3.63, 3.8) is 0 Å². The van der Waals surface area contributed by atoms with E-state index in [-0.39, 0.29) is 22.8 Å². The highest BCUT2D eigenvalue weighted by Gasteiger charge is 2.31. The molecule has 0 saturated carbocycles. The molecule has 12 heteroatoms. The number of anilines is 3. The second-order valence-electron chi connectivity index (χ2n) is 6.07. The molecule has 0 fully saturated rings. The number of benzene rings is 2. The molecule has 0 bridgehead atoms. The summed E-state index contributed by atoms with van der Waals surface area (Å²) in [7, 11) is 0. The lowest BCUT2D eigenvalue weighted by Crippen LogP contribution is -2.20. The molecule has 0 aliphatic rings. The van der Waals surface area contributed by atoms with Gasteiger partial charge in [-0.25, -0.2) is 9.18 Å². The number of hydrogen-bond donors (Lipinski definition) is 5. The van der Waals surface area contributed by atoms with Gasteiger partial charge in [-0.05, 0) is 30.3 Å². The molecule has 2 aromatic carbocycles. The summed E-state index contributed by atoms with van der Waals surface area (Å²) in [4.78, 5) is 23.5. The Morgan fingerprint density at radius 3 is 2.30 bits per heavy atom. The summed E-state index contributed by atoms with van der Waals surface area (Å²) in [5.74, 6) is -1.87. The normalized spacial score (nSPS) is 11.2. The number of alkyl halides is 3. The van der Waals surface area contributed by atoms with Crippen molar-refractivity contribution < 1.29 is 27.2 Å². The minimum absolute atomic E-state index is 0.00785. The van der Waals surface area contributed by atoms with E-state index >= 15 is 0 Å². The number of aromatic nitrogens is 2. The Balaban J connectivity index is 1.74. The van der Waals surface area contributed by atoms with Gasteiger partial charge in [-0.1, -0.05) is 12.1 Å². The molecular weight excluding hydrogens is 408 g/mol. The molecule has 3 rings (SSSR count). The Kier molecular flexibility index (Phi) is 5.32. The fourth-order valence-electron chi connectivity index (χ4n) is 2.62. The van der Waals surface area contributed by atoms with Crippen molar-refractivity contribution in [2.75, 3.05) is 16.4 Å². The maximum Gasteiger partial charge on any atom is 0.416 e. The van der Waals surface area contributed by atoms with Crippen molar-refractivity contribution in [3.05, 3.63) is 59.4 Å². The summed E-state index contributed by atoms with van der Waals surface area (Å²) >= 11 is 0. The molecule has 3 amide bonds. The number of amides is 3. The van der Waals surface area contributed by atoms with E-state index in [0.717, 1.165) is 0 Å². The van der Waals surface area contributed by atoms with Crippen molar-refractivity contribution in [2.45, 2.75) is 6.18 Å². The van der Waals surface area contributed by atoms with E-state index in [1.807, 2.05) is 5.32 Å². The monoisotopic (exact) mass is 422 g/mol. The highest BCUT2D eigenvalue weighted by Crippen LogP contribution is 2.32. The number of hydrogen-bond acceptors (Lipinski definition) is 4. The van der Waals surface area contributed by atoms with E-state index in [0.29, 0.717) is 23.8 Å². The molecule has 0 radical (unpaired) electrons. The highest BCUT2D eigenvalue weighted by molar-refractivity contribution is 6.03. The molecule has 0 saturated heterocycles. The average Bonchev–Trinajstić information content (AvgIpc) is 3.05. The first-order valence-corrected chi connectivity index (χ1v) is 8.25. The number of carbonyl (C=O) groups is 2. The number of primary amides is 1. The number of H-pyrrole nitrogens is 1. The second-order valence-corrected chi connectivity index (χ2v) is 6.07. The summed E-state index contributed by atoms with van der Waals surface area (Å²) < 4.78 is 52.0. The van der Waals surface area contributed by atoms with Gasteiger partial charge < -0.3 is 22.1 Å². The first-order valence-electron chi connectivity index (χ1n) is 8.25. The van der Waals surface area contributed by atoms with Crippen molar-refractivity contribution in [1.29, 1.82) is 0 Å². The van der Waals surface area contributed by atoms with Gasteiger partial charge in [0.2, 0.25) is 0 Å². The lowest BCUT2D eigenvalue weighted by atomic mass is 10.1. The van der Waals surface area contributed by atoms with Crippen LogP contribution in [-0.4, -0.2) is 22.1 Å². The lowest BCUT2D eigenvalue weighted by molar-refractivity contribution is -0.137. The topological polar surface area (TPSA) is 139 Å². The standard InChI is InChI=1S/C18H14F4N6O2/c19-11-6-3-9(18(20,21)22)7-12(11)26-17(30)25-10-4-1-8(2-5-10)14-13(16(24)29)15(23)28-27-14/h1-7H,(H2,24,29)(H3,23,27,28)(H2,25,26,30). The van der Waals surface area contributed by atoms with Crippen LogP contribution in [0.25, 0.3) is 11.3 Å². The van der Waals surface area contributed by atoms with Crippen LogP contribution < -0.4 is 22.1 Å².